The first-order chi connectivity index (χ1) is 8.19. The minimum atomic E-state index is 0.327. The third kappa shape index (κ3) is 2.85. The van der Waals surface area contributed by atoms with E-state index in [0.717, 1.165) is 5.56 Å². The quantitative estimate of drug-likeness (QED) is 0.839. The van der Waals surface area contributed by atoms with E-state index in [1.807, 2.05) is 25.1 Å². The second-order valence-electron chi connectivity index (χ2n) is 3.45. The molecule has 0 aliphatic carbocycles. The summed E-state index contributed by atoms with van der Waals surface area (Å²) in [5.74, 6) is 1.62. The second kappa shape index (κ2) is 5.01. The molecule has 2 rings (SSSR count). The number of hydrogen-bond donors (Lipinski definition) is 0. The number of nitrogens with zero attached hydrogens (tertiary/aromatic N) is 2. The highest BCUT2D eigenvalue weighted by molar-refractivity contribution is 6.29. The first-order valence-corrected chi connectivity index (χ1v) is 5.38. The van der Waals surface area contributed by atoms with Crippen LogP contribution in [0, 0.1) is 6.92 Å². The maximum Gasteiger partial charge on any atom is 0.239 e. The van der Waals surface area contributed by atoms with Crippen molar-refractivity contribution in [1.82, 2.24) is 10.2 Å². The molecule has 0 atom stereocenters. The van der Waals surface area contributed by atoms with Crippen LogP contribution < -0.4 is 9.47 Å². The largest absolute Gasteiger partial charge is 0.493 e. The van der Waals surface area contributed by atoms with Gasteiger partial charge in [-0.3, -0.25) is 0 Å². The van der Waals surface area contributed by atoms with Crippen molar-refractivity contribution in [3.8, 4) is 17.4 Å². The number of ether oxygens (including phenoxy) is 2. The van der Waals surface area contributed by atoms with E-state index in [1.54, 1.807) is 19.2 Å². The van der Waals surface area contributed by atoms with Crippen molar-refractivity contribution in [1.29, 1.82) is 0 Å². The number of rotatable bonds is 3. The lowest BCUT2D eigenvalue weighted by molar-refractivity contribution is 0.372. The fourth-order valence-corrected chi connectivity index (χ4v) is 1.43. The van der Waals surface area contributed by atoms with E-state index in [0.29, 0.717) is 22.5 Å². The fraction of sp³-hybridized carbons (Fsp3) is 0.167. The van der Waals surface area contributed by atoms with Crippen molar-refractivity contribution in [2.24, 2.45) is 0 Å². The molecule has 0 amide bonds. The van der Waals surface area contributed by atoms with Gasteiger partial charge in [-0.05, 0) is 30.7 Å². The van der Waals surface area contributed by atoms with Gasteiger partial charge in [-0.2, -0.15) is 0 Å². The summed E-state index contributed by atoms with van der Waals surface area (Å²) in [6.07, 6.45) is 0. The van der Waals surface area contributed by atoms with Gasteiger partial charge in [0.05, 0.1) is 7.11 Å². The first kappa shape index (κ1) is 11.7. The molecule has 0 aliphatic heterocycles. The molecule has 0 spiro atoms. The molecule has 88 valence electrons. The van der Waals surface area contributed by atoms with Gasteiger partial charge >= 0.3 is 0 Å². The molecule has 0 N–H and O–H groups in total. The highest BCUT2D eigenvalue weighted by atomic mass is 35.5. The molecule has 0 bridgehead atoms. The maximum atomic E-state index is 5.64. The lowest BCUT2D eigenvalue weighted by Gasteiger charge is -2.09. The molecular weight excluding hydrogens is 240 g/mol. The summed E-state index contributed by atoms with van der Waals surface area (Å²) in [5.41, 5.74) is 1.09. The van der Waals surface area contributed by atoms with Gasteiger partial charge < -0.3 is 9.47 Å². The Labute approximate surface area is 104 Å². The monoisotopic (exact) mass is 250 g/mol. The average Bonchev–Trinajstić information content (AvgIpc) is 2.34. The van der Waals surface area contributed by atoms with Crippen molar-refractivity contribution < 1.29 is 9.47 Å². The molecule has 0 fully saturated rings. The first-order valence-electron chi connectivity index (χ1n) is 5.01. The summed E-state index contributed by atoms with van der Waals surface area (Å²) in [5, 5.41) is 7.84. The van der Waals surface area contributed by atoms with Gasteiger partial charge in [0, 0.05) is 6.07 Å². The van der Waals surface area contributed by atoms with E-state index in [9.17, 15) is 0 Å². The summed E-state index contributed by atoms with van der Waals surface area (Å²) in [6.45, 7) is 1.98. The zero-order valence-corrected chi connectivity index (χ0v) is 10.2. The SMILES string of the molecule is COc1cc(C)ccc1Oc1ccc(Cl)nn1. The zero-order valence-electron chi connectivity index (χ0n) is 9.48. The van der Waals surface area contributed by atoms with Crippen LogP contribution in [0.1, 0.15) is 5.56 Å². The Kier molecular flexibility index (Phi) is 3.44. The van der Waals surface area contributed by atoms with Gasteiger partial charge in [-0.25, -0.2) is 0 Å². The summed E-state index contributed by atoms with van der Waals surface area (Å²) >= 11 is 5.64. The van der Waals surface area contributed by atoms with E-state index >= 15 is 0 Å². The molecule has 4 nitrogen and oxygen atoms in total. The van der Waals surface area contributed by atoms with Crippen LogP contribution in [0.4, 0.5) is 0 Å². The maximum absolute atomic E-state index is 5.64. The molecule has 2 aromatic rings. The number of methoxy groups -OCH3 is 1. The predicted octanol–water partition coefficient (Wildman–Crippen LogP) is 3.24. The van der Waals surface area contributed by atoms with Crippen molar-refractivity contribution >= 4 is 11.6 Å². The second-order valence-corrected chi connectivity index (χ2v) is 3.84. The summed E-state index contributed by atoms with van der Waals surface area (Å²) in [4.78, 5) is 0. The lowest BCUT2D eigenvalue weighted by Crippen LogP contribution is -1.93. The van der Waals surface area contributed by atoms with Crippen LogP contribution in [0.25, 0.3) is 0 Å². The van der Waals surface area contributed by atoms with Crippen molar-refractivity contribution in [3.63, 3.8) is 0 Å². The number of aryl methyl sites for hydroxylation is 1. The van der Waals surface area contributed by atoms with Crippen LogP contribution in [-0.2, 0) is 0 Å². The minimum Gasteiger partial charge on any atom is -0.493 e. The van der Waals surface area contributed by atoms with Crippen LogP contribution in [0.5, 0.6) is 17.4 Å². The normalized spacial score (nSPS) is 10.1. The Morgan fingerprint density at radius 1 is 1.06 bits per heavy atom. The minimum absolute atomic E-state index is 0.327. The van der Waals surface area contributed by atoms with Gasteiger partial charge in [0.1, 0.15) is 0 Å². The van der Waals surface area contributed by atoms with E-state index in [4.69, 9.17) is 21.1 Å². The van der Waals surface area contributed by atoms with E-state index in [1.165, 1.54) is 0 Å². The van der Waals surface area contributed by atoms with Crippen LogP contribution in [0.3, 0.4) is 0 Å². The average molecular weight is 251 g/mol. The van der Waals surface area contributed by atoms with Crippen LogP contribution in [0.15, 0.2) is 30.3 Å². The molecular formula is C12H11ClN2O2. The Morgan fingerprint density at radius 3 is 2.53 bits per heavy atom. The Hall–Kier alpha value is -1.81. The molecule has 1 aromatic heterocycles. The van der Waals surface area contributed by atoms with Crippen LogP contribution >= 0.6 is 11.6 Å². The summed E-state index contributed by atoms with van der Waals surface area (Å²) < 4.78 is 10.8. The molecule has 1 heterocycles. The number of benzene rings is 1. The Balaban J connectivity index is 2.26. The van der Waals surface area contributed by atoms with Crippen molar-refractivity contribution in [3.05, 3.63) is 41.0 Å². The third-order valence-corrected chi connectivity index (χ3v) is 2.34. The van der Waals surface area contributed by atoms with Gasteiger partial charge in [0.25, 0.3) is 0 Å². The predicted molar refractivity (Wildman–Crippen MR) is 64.8 cm³/mol. The summed E-state index contributed by atoms with van der Waals surface area (Å²) in [7, 11) is 1.59. The molecule has 17 heavy (non-hydrogen) atoms. The third-order valence-electron chi connectivity index (χ3n) is 2.14. The topological polar surface area (TPSA) is 44.2 Å². The standard InChI is InChI=1S/C12H11ClN2O2/c1-8-3-4-9(10(7-8)16-2)17-12-6-5-11(13)14-15-12/h3-7H,1-2H3. The lowest BCUT2D eigenvalue weighted by atomic mass is 10.2. The number of aromatic nitrogens is 2. The van der Waals surface area contributed by atoms with Gasteiger partial charge in [-0.15, -0.1) is 10.2 Å². The number of hydrogen-bond acceptors (Lipinski definition) is 4. The number of halogens is 1. The Morgan fingerprint density at radius 2 is 1.88 bits per heavy atom. The molecule has 0 saturated heterocycles. The van der Waals surface area contributed by atoms with Crippen LogP contribution in [0.2, 0.25) is 5.15 Å². The van der Waals surface area contributed by atoms with Crippen molar-refractivity contribution in [2.75, 3.05) is 7.11 Å². The van der Waals surface area contributed by atoms with E-state index in [2.05, 4.69) is 10.2 Å². The van der Waals surface area contributed by atoms with Gasteiger partial charge in [0.15, 0.2) is 16.7 Å². The van der Waals surface area contributed by atoms with Crippen LogP contribution in [-0.4, -0.2) is 17.3 Å². The smallest absolute Gasteiger partial charge is 0.239 e. The Bertz CT molecular complexity index is 514. The molecule has 0 radical (unpaired) electrons. The van der Waals surface area contributed by atoms with Crippen molar-refractivity contribution in [2.45, 2.75) is 6.92 Å². The fourth-order valence-electron chi connectivity index (χ4n) is 1.33. The van der Waals surface area contributed by atoms with E-state index < -0.39 is 0 Å². The molecule has 1 aromatic carbocycles. The molecule has 0 saturated carbocycles. The van der Waals surface area contributed by atoms with E-state index in [-0.39, 0.29) is 0 Å². The molecule has 0 unspecified atom stereocenters. The molecule has 5 heteroatoms. The summed E-state index contributed by atoms with van der Waals surface area (Å²) in [6, 6.07) is 8.91. The zero-order chi connectivity index (χ0) is 12.3. The highest BCUT2D eigenvalue weighted by Crippen LogP contribution is 2.31. The molecule has 0 aliphatic rings. The van der Waals surface area contributed by atoms with Gasteiger partial charge in [-0.1, -0.05) is 17.7 Å². The highest BCUT2D eigenvalue weighted by Gasteiger charge is 2.06. The van der Waals surface area contributed by atoms with Gasteiger partial charge in [0.2, 0.25) is 5.88 Å².